The standard InChI is InChI=1S/C21H35N3O2.HI/c1-5-7-12-23-20(22-6-2)24-16-21(10-13-26-14-11-21)18-15-17(3)8-9-19(18)25-4;/h8-9,15H,5-7,10-14,16H2,1-4H3,(H2,22,23,24);1H. The van der Waals surface area contributed by atoms with Crippen molar-refractivity contribution in [3.63, 3.8) is 0 Å². The number of methoxy groups -OCH3 is 1. The van der Waals surface area contributed by atoms with E-state index in [9.17, 15) is 0 Å². The maximum Gasteiger partial charge on any atom is 0.191 e. The number of unbranched alkanes of at least 4 members (excludes halogenated alkanes) is 1. The average Bonchev–Trinajstić information content (AvgIpc) is 2.67. The van der Waals surface area contributed by atoms with Crippen LogP contribution in [0.25, 0.3) is 0 Å². The first-order valence-electron chi connectivity index (χ1n) is 9.90. The fourth-order valence-electron chi connectivity index (χ4n) is 3.47. The molecule has 0 saturated carbocycles. The highest BCUT2D eigenvalue weighted by atomic mass is 127. The largest absolute Gasteiger partial charge is 0.496 e. The molecular weight excluding hydrogens is 453 g/mol. The molecule has 2 rings (SSSR count). The highest BCUT2D eigenvalue weighted by molar-refractivity contribution is 14.0. The van der Waals surface area contributed by atoms with E-state index in [2.05, 4.69) is 49.6 Å². The van der Waals surface area contributed by atoms with Gasteiger partial charge in [-0.15, -0.1) is 24.0 Å². The van der Waals surface area contributed by atoms with Crippen molar-refractivity contribution in [3.05, 3.63) is 29.3 Å². The van der Waals surface area contributed by atoms with Gasteiger partial charge in [0.25, 0.3) is 0 Å². The van der Waals surface area contributed by atoms with E-state index in [1.165, 1.54) is 17.5 Å². The number of guanidine groups is 1. The summed E-state index contributed by atoms with van der Waals surface area (Å²) in [5, 5.41) is 6.81. The van der Waals surface area contributed by atoms with E-state index in [1.807, 2.05) is 0 Å². The zero-order valence-corrected chi connectivity index (χ0v) is 19.6. The lowest BCUT2D eigenvalue weighted by Crippen LogP contribution is -2.41. The molecular formula is C21H36IN3O2. The summed E-state index contributed by atoms with van der Waals surface area (Å²) in [4.78, 5) is 4.95. The summed E-state index contributed by atoms with van der Waals surface area (Å²) >= 11 is 0. The SMILES string of the molecule is CCCCNC(=NCC1(c2cc(C)ccc2OC)CCOCC1)NCC.I. The lowest BCUT2D eigenvalue weighted by molar-refractivity contribution is 0.0522. The molecule has 1 aromatic rings. The quantitative estimate of drug-likeness (QED) is 0.251. The van der Waals surface area contributed by atoms with Crippen molar-refractivity contribution in [2.24, 2.45) is 4.99 Å². The van der Waals surface area contributed by atoms with E-state index in [1.54, 1.807) is 7.11 Å². The predicted molar refractivity (Wildman–Crippen MR) is 124 cm³/mol. The van der Waals surface area contributed by atoms with Crippen LogP contribution in [0.4, 0.5) is 0 Å². The number of nitrogens with one attached hydrogen (secondary N) is 2. The number of nitrogens with zero attached hydrogens (tertiary/aromatic N) is 1. The summed E-state index contributed by atoms with van der Waals surface area (Å²) in [6, 6.07) is 6.45. The van der Waals surface area contributed by atoms with Crippen molar-refractivity contribution in [1.29, 1.82) is 0 Å². The summed E-state index contributed by atoms with van der Waals surface area (Å²) in [6.45, 7) is 10.5. The van der Waals surface area contributed by atoms with Gasteiger partial charge in [0.1, 0.15) is 5.75 Å². The molecule has 0 amide bonds. The van der Waals surface area contributed by atoms with Crippen LogP contribution in [0.3, 0.4) is 0 Å². The van der Waals surface area contributed by atoms with Crippen LogP contribution in [0.15, 0.2) is 23.2 Å². The summed E-state index contributed by atoms with van der Waals surface area (Å²) in [5.41, 5.74) is 2.47. The minimum Gasteiger partial charge on any atom is -0.496 e. The molecule has 0 unspecified atom stereocenters. The first kappa shape index (κ1) is 24.0. The number of halogens is 1. The first-order chi connectivity index (χ1) is 12.6. The van der Waals surface area contributed by atoms with Gasteiger partial charge in [0.2, 0.25) is 0 Å². The molecule has 0 spiro atoms. The molecule has 6 heteroatoms. The van der Waals surface area contributed by atoms with Crippen molar-refractivity contribution in [2.45, 2.75) is 51.9 Å². The van der Waals surface area contributed by atoms with E-state index in [0.717, 1.165) is 63.8 Å². The van der Waals surface area contributed by atoms with Crippen LogP contribution in [0, 0.1) is 6.92 Å². The second kappa shape index (κ2) is 12.4. The van der Waals surface area contributed by atoms with Gasteiger partial charge >= 0.3 is 0 Å². The molecule has 1 aliphatic heterocycles. The van der Waals surface area contributed by atoms with Crippen LogP contribution in [-0.2, 0) is 10.2 Å². The molecule has 27 heavy (non-hydrogen) atoms. The fourth-order valence-corrected chi connectivity index (χ4v) is 3.47. The molecule has 0 aromatic heterocycles. The van der Waals surface area contributed by atoms with Gasteiger partial charge in [-0.1, -0.05) is 31.0 Å². The lowest BCUT2D eigenvalue weighted by Gasteiger charge is -2.37. The Hall–Kier alpha value is -1.02. The van der Waals surface area contributed by atoms with Crippen molar-refractivity contribution >= 4 is 29.9 Å². The Morgan fingerprint density at radius 1 is 1.22 bits per heavy atom. The molecule has 0 radical (unpaired) electrons. The third kappa shape index (κ3) is 6.82. The van der Waals surface area contributed by atoms with Gasteiger partial charge in [0.05, 0.1) is 13.7 Å². The van der Waals surface area contributed by atoms with E-state index >= 15 is 0 Å². The topological polar surface area (TPSA) is 54.9 Å². The minimum absolute atomic E-state index is 0. The normalized spacial score (nSPS) is 16.4. The number of hydrogen-bond acceptors (Lipinski definition) is 3. The molecule has 1 aromatic carbocycles. The molecule has 5 nitrogen and oxygen atoms in total. The van der Waals surface area contributed by atoms with Gasteiger partial charge in [-0.25, -0.2) is 0 Å². The predicted octanol–water partition coefficient (Wildman–Crippen LogP) is 4.03. The second-order valence-corrected chi connectivity index (χ2v) is 7.07. The summed E-state index contributed by atoms with van der Waals surface area (Å²) < 4.78 is 11.4. The number of aryl methyl sites for hydroxylation is 1. The van der Waals surface area contributed by atoms with Crippen molar-refractivity contribution in [3.8, 4) is 5.75 Å². The molecule has 0 aliphatic carbocycles. The molecule has 2 N–H and O–H groups in total. The summed E-state index contributed by atoms with van der Waals surface area (Å²) in [7, 11) is 1.75. The number of hydrogen-bond donors (Lipinski definition) is 2. The molecule has 1 heterocycles. The Bertz CT molecular complexity index is 587. The molecule has 154 valence electrons. The van der Waals surface area contributed by atoms with Crippen molar-refractivity contribution in [2.75, 3.05) is 40.0 Å². The van der Waals surface area contributed by atoms with E-state index in [-0.39, 0.29) is 29.4 Å². The Kier molecular flexibility index (Phi) is 11.1. The Balaban J connectivity index is 0.00000364. The zero-order chi connectivity index (χ0) is 18.8. The smallest absolute Gasteiger partial charge is 0.191 e. The lowest BCUT2D eigenvalue weighted by atomic mass is 9.73. The van der Waals surface area contributed by atoms with Gasteiger partial charge in [0, 0.05) is 37.3 Å². The van der Waals surface area contributed by atoms with Gasteiger partial charge < -0.3 is 20.1 Å². The first-order valence-corrected chi connectivity index (χ1v) is 9.90. The number of benzene rings is 1. The number of ether oxygens (including phenoxy) is 2. The Morgan fingerprint density at radius 2 is 1.96 bits per heavy atom. The zero-order valence-electron chi connectivity index (χ0n) is 17.3. The molecule has 1 fully saturated rings. The van der Waals surface area contributed by atoms with Gasteiger partial charge in [-0.2, -0.15) is 0 Å². The van der Waals surface area contributed by atoms with Crippen molar-refractivity contribution < 1.29 is 9.47 Å². The Labute approximate surface area is 181 Å². The van der Waals surface area contributed by atoms with E-state index < -0.39 is 0 Å². The molecule has 1 aliphatic rings. The molecule has 0 atom stereocenters. The highest BCUT2D eigenvalue weighted by Crippen LogP contribution is 2.40. The van der Waals surface area contributed by atoms with Crippen molar-refractivity contribution in [1.82, 2.24) is 10.6 Å². The highest BCUT2D eigenvalue weighted by Gasteiger charge is 2.37. The van der Waals surface area contributed by atoms with Crippen LogP contribution >= 0.6 is 24.0 Å². The third-order valence-corrected chi connectivity index (χ3v) is 5.08. The van der Waals surface area contributed by atoms with Gasteiger partial charge in [0.15, 0.2) is 5.96 Å². The number of rotatable bonds is 8. The summed E-state index contributed by atoms with van der Waals surface area (Å²) in [5.74, 6) is 1.86. The molecule has 1 saturated heterocycles. The average molecular weight is 489 g/mol. The maximum atomic E-state index is 5.69. The third-order valence-electron chi connectivity index (χ3n) is 5.08. The van der Waals surface area contributed by atoms with Crippen LogP contribution in [0.1, 0.15) is 50.7 Å². The van der Waals surface area contributed by atoms with E-state index in [4.69, 9.17) is 14.5 Å². The van der Waals surface area contributed by atoms with Gasteiger partial charge in [-0.3, -0.25) is 4.99 Å². The molecule has 0 bridgehead atoms. The maximum absolute atomic E-state index is 5.69. The van der Waals surface area contributed by atoms with Crippen LogP contribution in [0.5, 0.6) is 5.75 Å². The van der Waals surface area contributed by atoms with E-state index in [0.29, 0.717) is 0 Å². The fraction of sp³-hybridized carbons (Fsp3) is 0.667. The van der Waals surface area contributed by atoms with Crippen LogP contribution in [0.2, 0.25) is 0 Å². The second-order valence-electron chi connectivity index (χ2n) is 7.07. The number of aliphatic imine (C=N–C) groups is 1. The summed E-state index contributed by atoms with van der Waals surface area (Å²) in [6.07, 6.45) is 4.25. The minimum atomic E-state index is -0.0390. The Morgan fingerprint density at radius 3 is 2.59 bits per heavy atom. The van der Waals surface area contributed by atoms with Crippen LogP contribution < -0.4 is 15.4 Å². The van der Waals surface area contributed by atoms with Gasteiger partial charge in [-0.05, 0) is 39.2 Å². The van der Waals surface area contributed by atoms with Crippen LogP contribution in [-0.4, -0.2) is 45.9 Å². The monoisotopic (exact) mass is 489 g/mol.